The van der Waals surface area contributed by atoms with Crippen molar-refractivity contribution >= 4 is 0 Å². The zero-order valence-electron chi connectivity index (χ0n) is 12.6. The third kappa shape index (κ3) is 12.6. The molecule has 0 rings (SSSR count). The smallest absolute Gasteiger partial charge is 0.0897 e. The van der Waals surface area contributed by atoms with Crippen molar-refractivity contribution in [1.29, 1.82) is 0 Å². The van der Waals surface area contributed by atoms with Crippen LogP contribution in [0.25, 0.3) is 0 Å². The minimum atomic E-state index is -0.546. The molecule has 5 nitrogen and oxygen atoms in total. The maximum Gasteiger partial charge on any atom is 0.0897 e. The third-order valence-electron chi connectivity index (χ3n) is 2.83. The van der Waals surface area contributed by atoms with Crippen LogP contribution >= 0.6 is 0 Å². The second kappa shape index (κ2) is 12.8. The molecule has 0 bridgehead atoms. The highest BCUT2D eigenvalue weighted by molar-refractivity contribution is 4.65. The van der Waals surface area contributed by atoms with Gasteiger partial charge in [-0.1, -0.05) is 27.2 Å². The lowest BCUT2D eigenvalue weighted by atomic mass is 10.1. The van der Waals surface area contributed by atoms with Crippen molar-refractivity contribution in [3.63, 3.8) is 0 Å². The Balaban J connectivity index is 3.28. The van der Waals surface area contributed by atoms with Crippen LogP contribution in [0.2, 0.25) is 0 Å². The Kier molecular flexibility index (Phi) is 12.7. The van der Waals surface area contributed by atoms with Crippen LogP contribution in [-0.4, -0.2) is 61.9 Å². The lowest BCUT2D eigenvalue weighted by Crippen LogP contribution is -2.37. The summed E-state index contributed by atoms with van der Waals surface area (Å²) in [5.41, 5.74) is 0. The molecular weight excluding hydrogens is 246 g/mol. The van der Waals surface area contributed by atoms with E-state index in [2.05, 4.69) is 12.2 Å². The van der Waals surface area contributed by atoms with E-state index >= 15 is 0 Å². The highest BCUT2D eigenvalue weighted by Crippen LogP contribution is 1.98. The Labute approximate surface area is 117 Å². The first-order valence-corrected chi connectivity index (χ1v) is 7.30. The summed E-state index contributed by atoms with van der Waals surface area (Å²) in [7, 11) is 0. The van der Waals surface area contributed by atoms with E-state index in [1.165, 1.54) is 0 Å². The molecule has 0 aliphatic carbocycles. The van der Waals surface area contributed by atoms with Crippen LogP contribution < -0.4 is 5.32 Å². The maximum absolute atomic E-state index is 9.63. The molecule has 0 aromatic heterocycles. The lowest BCUT2D eigenvalue weighted by Gasteiger charge is -2.17. The second-order valence-electron chi connectivity index (χ2n) is 5.16. The van der Waals surface area contributed by atoms with Gasteiger partial charge in [0.25, 0.3) is 0 Å². The molecule has 0 radical (unpaired) electrons. The van der Waals surface area contributed by atoms with Gasteiger partial charge in [0.1, 0.15) is 0 Å². The van der Waals surface area contributed by atoms with E-state index in [9.17, 15) is 10.2 Å². The first-order valence-electron chi connectivity index (χ1n) is 7.30. The Morgan fingerprint density at radius 2 is 1.68 bits per heavy atom. The number of ether oxygens (including phenoxy) is 2. The molecule has 116 valence electrons. The van der Waals surface area contributed by atoms with Crippen molar-refractivity contribution in [1.82, 2.24) is 5.32 Å². The summed E-state index contributed by atoms with van der Waals surface area (Å²) in [5.74, 6) is 0.223. The van der Waals surface area contributed by atoms with Crippen LogP contribution in [0.3, 0.4) is 0 Å². The fourth-order valence-corrected chi connectivity index (χ4v) is 1.38. The van der Waals surface area contributed by atoms with Gasteiger partial charge in [-0.25, -0.2) is 0 Å². The molecule has 0 saturated heterocycles. The molecule has 2 unspecified atom stereocenters. The maximum atomic E-state index is 9.63. The van der Waals surface area contributed by atoms with Crippen molar-refractivity contribution in [2.24, 2.45) is 5.92 Å². The van der Waals surface area contributed by atoms with Crippen LogP contribution in [0.4, 0.5) is 0 Å². The topological polar surface area (TPSA) is 71.0 Å². The quantitative estimate of drug-likeness (QED) is 0.434. The number of nitrogens with one attached hydrogen (secondary N) is 1. The number of hydrogen-bond acceptors (Lipinski definition) is 5. The Morgan fingerprint density at radius 1 is 1.00 bits per heavy atom. The molecule has 0 aromatic rings. The predicted molar refractivity (Wildman–Crippen MR) is 76.3 cm³/mol. The first-order chi connectivity index (χ1) is 9.07. The Morgan fingerprint density at radius 3 is 2.32 bits per heavy atom. The van der Waals surface area contributed by atoms with Crippen molar-refractivity contribution < 1.29 is 19.7 Å². The van der Waals surface area contributed by atoms with Crippen LogP contribution in [-0.2, 0) is 9.47 Å². The highest BCUT2D eigenvalue weighted by atomic mass is 16.5. The van der Waals surface area contributed by atoms with Gasteiger partial charge in [0.15, 0.2) is 0 Å². The van der Waals surface area contributed by atoms with E-state index in [1.807, 2.05) is 13.8 Å². The van der Waals surface area contributed by atoms with Gasteiger partial charge in [0.2, 0.25) is 0 Å². The van der Waals surface area contributed by atoms with Gasteiger partial charge < -0.3 is 25.0 Å². The van der Waals surface area contributed by atoms with Crippen LogP contribution in [0.1, 0.15) is 33.6 Å². The third-order valence-corrected chi connectivity index (χ3v) is 2.83. The van der Waals surface area contributed by atoms with E-state index in [-0.39, 0.29) is 12.0 Å². The molecule has 0 saturated carbocycles. The molecule has 0 fully saturated rings. The van der Waals surface area contributed by atoms with Gasteiger partial charge >= 0.3 is 0 Å². The fourth-order valence-electron chi connectivity index (χ4n) is 1.38. The monoisotopic (exact) mass is 277 g/mol. The van der Waals surface area contributed by atoms with E-state index in [1.54, 1.807) is 0 Å². The largest absolute Gasteiger partial charge is 0.392 e. The molecule has 0 spiro atoms. The van der Waals surface area contributed by atoms with E-state index in [0.29, 0.717) is 32.9 Å². The summed E-state index contributed by atoms with van der Waals surface area (Å²) < 4.78 is 10.6. The van der Waals surface area contributed by atoms with Crippen molar-refractivity contribution in [3.05, 3.63) is 0 Å². The summed E-state index contributed by atoms with van der Waals surface area (Å²) >= 11 is 0. The van der Waals surface area contributed by atoms with Gasteiger partial charge in [-0.05, 0) is 12.3 Å². The van der Waals surface area contributed by atoms with Gasteiger partial charge in [0, 0.05) is 19.7 Å². The lowest BCUT2D eigenvalue weighted by molar-refractivity contribution is 0.00278. The minimum Gasteiger partial charge on any atom is -0.392 e. The van der Waals surface area contributed by atoms with Crippen LogP contribution in [0, 0.1) is 5.92 Å². The Hall–Kier alpha value is -0.200. The van der Waals surface area contributed by atoms with Crippen molar-refractivity contribution in [2.45, 2.75) is 45.8 Å². The second-order valence-corrected chi connectivity index (χ2v) is 5.16. The Bertz CT molecular complexity index is 190. The molecule has 0 aliphatic rings. The van der Waals surface area contributed by atoms with Gasteiger partial charge in [-0.3, -0.25) is 0 Å². The highest BCUT2D eigenvalue weighted by Gasteiger charge is 2.09. The van der Waals surface area contributed by atoms with Crippen LogP contribution in [0.15, 0.2) is 0 Å². The average molecular weight is 277 g/mol. The van der Waals surface area contributed by atoms with E-state index in [0.717, 1.165) is 19.4 Å². The van der Waals surface area contributed by atoms with E-state index in [4.69, 9.17) is 9.47 Å². The predicted octanol–water partition coefficient (Wildman–Crippen LogP) is 0.787. The molecule has 0 amide bonds. The number of hydrogen-bond donors (Lipinski definition) is 3. The van der Waals surface area contributed by atoms with Crippen LogP contribution in [0.5, 0.6) is 0 Å². The molecule has 0 aliphatic heterocycles. The zero-order chi connectivity index (χ0) is 14.5. The molecule has 3 N–H and O–H groups in total. The summed E-state index contributed by atoms with van der Waals surface area (Å²) in [5, 5.41) is 22.2. The number of aliphatic hydroxyl groups is 2. The van der Waals surface area contributed by atoms with Gasteiger partial charge in [-0.2, -0.15) is 0 Å². The normalized spacial score (nSPS) is 14.8. The molecule has 5 heteroatoms. The molecule has 2 atom stereocenters. The number of aliphatic hydroxyl groups excluding tert-OH is 2. The summed E-state index contributed by atoms with van der Waals surface area (Å²) in [4.78, 5) is 0. The summed E-state index contributed by atoms with van der Waals surface area (Å²) in [6.07, 6.45) is 1.29. The molecular formula is C14H31NO4. The number of unbranched alkanes of at least 4 members (excludes halogenated alkanes) is 1. The minimum absolute atomic E-state index is 0.223. The van der Waals surface area contributed by atoms with Crippen molar-refractivity contribution in [3.8, 4) is 0 Å². The molecule has 0 heterocycles. The number of rotatable bonds is 13. The average Bonchev–Trinajstić information content (AvgIpc) is 2.37. The van der Waals surface area contributed by atoms with E-state index < -0.39 is 6.10 Å². The fraction of sp³-hybridized carbons (Fsp3) is 1.00. The SMILES string of the molecule is CCCCOCCOCC(O)CNCC(O)C(C)C. The molecule has 19 heavy (non-hydrogen) atoms. The van der Waals surface area contributed by atoms with Gasteiger partial charge in [0.05, 0.1) is 32.0 Å². The standard InChI is InChI=1S/C14H31NO4/c1-4-5-6-18-7-8-19-11-13(16)9-15-10-14(17)12(2)3/h12-17H,4-11H2,1-3H3. The molecule has 0 aromatic carbocycles. The van der Waals surface area contributed by atoms with Gasteiger partial charge in [-0.15, -0.1) is 0 Å². The summed E-state index contributed by atoms with van der Waals surface area (Å²) in [6.45, 7) is 9.13. The summed E-state index contributed by atoms with van der Waals surface area (Å²) in [6, 6.07) is 0. The van der Waals surface area contributed by atoms with Crippen molar-refractivity contribution in [2.75, 3.05) is 39.5 Å². The first kappa shape index (κ1) is 18.8. The zero-order valence-corrected chi connectivity index (χ0v) is 12.6.